The normalized spacial score (nSPS) is 11.0. The third kappa shape index (κ3) is 13.3. The summed E-state index contributed by atoms with van der Waals surface area (Å²) in [6, 6.07) is 14.9. The summed E-state index contributed by atoms with van der Waals surface area (Å²) in [6.45, 7) is 1.41. The van der Waals surface area contributed by atoms with E-state index in [1.807, 2.05) is 62.6 Å². The lowest BCUT2D eigenvalue weighted by Crippen LogP contribution is -2.32. The first kappa shape index (κ1) is 28.7. The summed E-state index contributed by atoms with van der Waals surface area (Å²) in [5, 5.41) is 43.7. The molecule has 34 heavy (non-hydrogen) atoms. The summed E-state index contributed by atoms with van der Waals surface area (Å²) in [7, 11) is 3.64. The highest BCUT2D eigenvalue weighted by Crippen LogP contribution is 2.17. The number of carbonyl (C=O) groups is 1. The van der Waals surface area contributed by atoms with Gasteiger partial charge in [0.1, 0.15) is 5.75 Å². The molecule has 2 rings (SSSR count). The minimum atomic E-state index is -0.993. The Morgan fingerprint density at radius 3 is 1.74 bits per heavy atom. The van der Waals surface area contributed by atoms with Crippen LogP contribution in [0.5, 0.6) is 5.75 Å². The highest BCUT2D eigenvalue weighted by Gasteiger charge is 2.00. The van der Waals surface area contributed by atoms with E-state index in [1.165, 1.54) is 0 Å². The van der Waals surface area contributed by atoms with Gasteiger partial charge in [0, 0.05) is 33.7 Å². The van der Waals surface area contributed by atoms with Gasteiger partial charge in [-0.25, -0.2) is 4.79 Å². The second-order valence-electron chi connectivity index (χ2n) is 7.23. The van der Waals surface area contributed by atoms with Crippen LogP contribution < -0.4 is 4.74 Å². The van der Waals surface area contributed by atoms with Gasteiger partial charge in [-0.1, -0.05) is 41.6 Å². The van der Waals surface area contributed by atoms with Crippen LogP contribution in [-0.4, -0.2) is 96.5 Å². The van der Waals surface area contributed by atoms with Crippen LogP contribution in [0.15, 0.2) is 58.9 Å². The average Bonchev–Trinajstić information content (AvgIpc) is 2.82. The summed E-state index contributed by atoms with van der Waals surface area (Å²) in [4.78, 5) is 12.2. The van der Waals surface area contributed by atoms with E-state index in [9.17, 15) is 4.79 Å². The van der Waals surface area contributed by atoms with Crippen LogP contribution in [0.2, 0.25) is 0 Å². The largest absolute Gasteiger partial charge is 0.482 e. The van der Waals surface area contributed by atoms with Crippen molar-refractivity contribution in [3.63, 3.8) is 0 Å². The van der Waals surface area contributed by atoms with E-state index < -0.39 is 5.97 Å². The zero-order valence-corrected chi connectivity index (χ0v) is 19.6. The van der Waals surface area contributed by atoms with Gasteiger partial charge in [-0.2, -0.15) is 0 Å². The van der Waals surface area contributed by atoms with Crippen LogP contribution >= 0.6 is 0 Å². The lowest BCUT2D eigenvalue weighted by atomic mass is 10.1. The Bertz CT molecular complexity index is 856. The molecule has 2 aromatic carbocycles. The Kier molecular flexibility index (Phi) is 14.5. The maximum atomic E-state index is 10.4. The van der Waals surface area contributed by atoms with Crippen molar-refractivity contribution < 1.29 is 30.0 Å². The lowest BCUT2D eigenvalue weighted by molar-refractivity contribution is -0.139. The molecule has 10 heteroatoms. The van der Waals surface area contributed by atoms with E-state index in [4.69, 9.17) is 25.2 Å². The van der Waals surface area contributed by atoms with E-state index in [-0.39, 0.29) is 26.4 Å². The number of aliphatic hydroxyl groups is 3. The Morgan fingerprint density at radius 1 is 0.853 bits per heavy atom. The maximum absolute atomic E-state index is 10.4. The van der Waals surface area contributed by atoms with E-state index in [1.54, 1.807) is 22.0 Å². The van der Waals surface area contributed by atoms with Crippen LogP contribution in [-0.2, 0) is 4.79 Å². The monoisotopic (exact) mass is 474 g/mol. The van der Waals surface area contributed by atoms with Gasteiger partial charge in [0.05, 0.1) is 25.5 Å². The molecule has 0 aliphatic carbocycles. The first-order chi connectivity index (χ1) is 16.4. The van der Waals surface area contributed by atoms with Crippen molar-refractivity contribution in [3.05, 3.63) is 59.7 Å². The zero-order chi connectivity index (χ0) is 25.2. The molecule has 0 atom stereocenters. The van der Waals surface area contributed by atoms with Crippen molar-refractivity contribution in [2.45, 2.75) is 0 Å². The third-order valence-electron chi connectivity index (χ3n) is 4.19. The lowest BCUT2D eigenvalue weighted by Gasteiger charge is -2.17. The Labute approximate surface area is 200 Å². The highest BCUT2D eigenvalue weighted by atomic mass is 16.5. The number of aliphatic carboxylic acids is 1. The van der Waals surface area contributed by atoms with Crippen LogP contribution in [0.3, 0.4) is 0 Å². The molecule has 0 aromatic heterocycles. The van der Waals surface area contributed by atoms with Crippen LogP contribution in [0, 0.1) is 0 Å². The number of hydrogen-bond donors (Lipinski definition) is 4. The van der Waals surface area contributed by atoms with Gasteiger partial charge in [0.25, 0.3) is 0 Å². The quantitative estimate of drug-likeness (QED) is 0.197. The fourth-order valence-electron chi connectivity index (χ4n) is 2.57. The molecular weight excluding hydrogens is 440 g/mol. The van der Waals surface area contributed by atoms with E-state index in [2.05, 4.69) is 10.3 Å². The van der Waals surface area contributed by atoms with Gasteiger partial charge in [0.15, 0.2) is 6.61 Å². The molecule has 0 fully saturated rings. The molecule has 0 aliphatic rings. The van der Waals surface area contributed by atoms with Gasteiger partial charge < -0.3 is 25.2 Å². The highest BCUT2D eigenvalue weighted by molar-refractivity contribution is 5.70. The topological polar surface area (TPSA) is 138 Å². The molecule has 0 amide bonds. The van der Waals surface area contributed by atoms with E-state index in [0.717, 1.165) is 16.8 Å². The Hall–Kier alpha value is -3.31. The van der Waals surface area contributed by atoms with Crippen molar-refractivity contribution in [1.29, 1.82) is 0 Å². The van der Waals surface area contributed by atoms with Crippen molar-refractivity contribution >= 4 is 23.8 Å². The van der Waals surface area contributed by atoms with Crippen LogP contribution in [0.25, 0.3) is 12.2 Å². The fraction of sp³-hybridized carbons (Fsp3) is 0.375. The van der Waals surface area contributed by atoms with Gasteiger partial charge in [0.2, 0.25) is 0 Å². The third-order valence-corrected chi connectivity index (χ3v) is 4.19. The molecule has 0 radical (unpaired) electrons. The van der Waals surface area contributed by atoms with Crippen molar-refractivity contribution in [1.82, 2.24) is 9.91 Å². The molecule has 0 unspecified atom stereocenters. The minimum absolute atomic E-state index is 0.0694. The number of hydrogen-bond acceptors (Lipinski definition) is 8. The molecule has 0 spiro atoms. The number of nitrogens with zero attached hydrogens (tertiary/aromatic N) is 4. The summed E-state index contributed by atoms with van der Waals surface area (Å²) in [5.74, 6) is -0.460. The predicted molar refractivity (Wildman–Crippen MR) is 131 cm³/mol. The summed E-state index contributed by atoms with van der Waals surface area (Å²) >= 11 is 0. The van der Waals surface area contributed by atoms with Crippen LogP contribution in [0.1, 0.15) is 11.1 Å². The Balaban J connectivity index is 0.000000489. The molecule has 10 nitrogen and oxygen atoms in total. The van der Waals surface area contributed by atoms with Crippen molar-refractivity contribution in [2.75, 3.05) is 60.2 Å². The SMILES string of the molecule is CN(C)N=Nc1ccc(/C=C\c2ccc(OCC(=O)O)cc2)cc1.OCCN(CCO)CCO. The first-order valence-electron chi connectivity index (χ1n) is 10.7. The number of rotatable bonds is 13. The summed E-state index contributed by atoms with van der Waals surface area (Å²) in [6.07, 6.45) is 3.96. The number of carboxylic acid groups (broad SMARTS) is 1. The summed E-state index contributed by atoms with van der Waals surface area (Å²) in [5.41, 5.74) is 2.83. The van der Waals surface area contributed by atoms with E-state index >= 15 is 0 Å². The zero-order valence-electron chi connectivity index (χ0n) is 19.6. The predicted octanol–water partition coefficient (Wildman–Crippen LogP) is 2.15. The van der Waals surface area contributed by atoms with Gasteiger partial charge in [-0.15, -0.1) is 5.11 Å². The van der Waals surface area contributed by atoms with Crippen molar-refractivity contribution in [3.8, 4) is 5.75 Å². The molecule has 4 N–H and O–H groups in total. The standard InChI is InChI=1S/C18H19N3O3.C6H15NO3/c1-21(2)20-19-16-9-5-14(6-10-16)3-4-15-7-11-17(12-8-15)24-13-18(22)23;8-4-1-7(2-5-9)3-6-10/h3-12H,13H2,1-2H3,(H,22,23);8-10H,1-6H2/b4-3-,20-19?;. The average molecular weight is 475 g/mol. The summed E-state index contributed by atoms with van der Waals surface area (Å²) < 4.78 is 5.09. The van der Waals surface area contributed by atoms with Gasteiger partial charge in [-0.05, 0) is 35.4 Å². The number of aliphatic hydroxyl groups excluding tert-OH is 3. The second-order valence-corrected chi connectivity index (χ2v) is 7.23. The molecule has 0 saturated heterocycles. The minimum Gasteiger partial charge on any atom is -0.482 e. The number of benzene rings is 2. The molecular formula is C24H34N4O6. The fourth-order valence-corrected chi connectivity index (χ4v) is 2.57. The number of carboxylic acids is 1. The molecule has 2 aromatic rings. The van der Waals surface area contributed by atoms with Gasteiger partial charge in [-0.3, -0.25) is 9.91 Å². The van der Waals surface area contributed by atoms with Crippen LogP contribution in [0.4, 0.5) is 5.69 Å². The smallest absolute Gasteiger partial charge is 0.341 e. The maximum Gasteiger partial charge on any atom is 0.341 e. The first-order valence-corrected chi connectivity index (χ1v) is 10.7. The molecule has 0 aliphatic heterocycles. The second kappa shape index (κ2) is 17.2. The Morgan fingerprint density at radius 2 is 1.32 bits per heavy atom. The molecule has 0 saturated carbocycles. The van der Waals surface area contributed by atoms with Crippen molar-refractivity contribution in [2.24, 2.45) is 10.3 Å². The molecule has 0 bridgehead atoms. The van der Waals surface area contributed by atoms with E-state index in [0.29, 0.717) is 25.4 Å². The van der Waals surface area contributed by atoms with Gasteiger partial charge >= 0.3 is 5.97 Å². The molecule has 0 heterocycles. The number of ether oxygens (including phenoxy) is 1. The molecule has 186 valence electrons.